The Labute approximate surface area is 77.0 Å². The molecule has 0 radical (unpaired) electrons. The topological polar surface area (TPSA) is 26.3 Å². The summed E-state index contributed by atoms with van der Waals surface area (Å²) in [5, 5.41) is 0. The van der Waals surface area contributed by atoms with E-state index >= 15 is 0 Å². The number of ketones is 1. The summed E-state index contributed by atoms with van der Waals surface area (Å²) in [5.74, 6) is 5.67. The van der Waals surface area contributed by atoms with E-state index in [1.807, 2.05) is 0 Å². The standard InChI is InChI=1S/C11H10O2/c12-10-3-1-2-5-11-6-4-8(13-11)7-9(10)11/h4,6,8-9H,2,5,7H2. The van der Waals surface area contributed by atoms with Crippen LogP contribution in [0.1, 0.15) is 19.3 Å². The highest BCUT2D eigenvalue weighted by atomic mass is 16.5. The second-order valence-corrected chi connectivity index (χ2v) is 3.92. The Balaban J connectivity index is 2.05. The van der Waals surface area contributed by atoms with Gasteiger partial charge in [-0.2, -0.15) is 0 Å². The second-order valence-electron chi connectivity index (χ2n) is 3.92. The van der Waals surface area contributed by atoms with Crippen LogP contribution in [0.25, 0.3) is 0 Å². The zero-order valence-corrected chi connectivity index (χ0v) is 7.25. The van der Waals surface area contributed by atoms with Crippen molar-refractivity contribution in [1.82, 2.24) is 0 Å². The minimum absolute atomic E-state index is 0.0116. The molecule has 0 amide bonds. The van der Waals surface area contributed by atoms with Crippen LogP contribution < -0.4 is 0 Å². The fraction of sp³-hybridized carbons (Fsp3) is 0.545. The number of rotatable bonds is 0. The quantitative estimate of drug-likeness (QED) is 0.312. The molecule has 3 atom stereocenters. The largest absolute Gasteiger partial charge is 0.363 e. The number of Topliss-reactive ketones (excluding diaryl/α,β-unsaturated/α-hetero) is 1. The molecular formula is C11H10O2. The molecule has 2 heterocycles. The van der Waals surface area contributed by atoms with Crippen LogP contribution in [0.5, 0.6) is 0 Å². The molecule has 3 aliphatic rings. The summed E-state index contributed by atoms with van der Waals surface area (Å²) in [5.41, 5.74) is -0.293. The van der Waals surface area contributed by atoms with Gasteiger partial charge >= 0.3 is 0 Å². The lowest BCUT2D eigenvalue weighted by atomic mass is 9.79. The second kappa shape index (κ2) is 2.24. The maximum absolute atomic E-state index is 11.6. The Kier molecular flexibility index (Phi) is 1.27. The van der Waals surface area contributed by atoms with Gasteiger partial charge in [0.2, 0.25) is 5.78 Å². The summed E-state index contributed by atoms with van der Waals surface area (Å²) in [6, 6.07) is 0. The average Bonchev–Trinajstić information content (AvgIpc) is 2.65. The molecule has 1 spiro atoms. The van der Waals surface area contributed by atoms with Gasteiger partial charge in [-0.15, -0.1) is 0 Å². The zero-order valence-electron chi connectivity index (χ0n) is 7.25. The van der Waals surface area contributed by atoms with E-state index in [0.717, 1.165) is 19.3 Å². The van der Waals surface area contributed by atoms with Gasteiger partial charge in [-0.1, -0.05) is 18.1 Å². The van der Waals surface area contributed by atoms with Crippen molar-refractivity contribution in [3.63, 3.8) is 0 Å². The van der Waals surface area contributed by atoms with Gasteiger partial charge in [-0.3, -0.25) is 4.79 Å². The Hall–Kier alpha value is -1.07. The van der Waals surface area contributed by atoms with Crippen molar-refractivity contribution in [2.24, 2.45) is 5.92 Å². The summed E-state index contributed by atoms with van der Waals surface area (Å²) < 4.78 is 5.80. The van der Waals surface area contributed by atoms with Gasteiger partial charge < -0.3 is 4.74 Å². The predicted molar refractivity (Wildman–Crippen MR) is 46.9 cm³/mol. The van der Waals surface area contributed by atoms with Crippen molar-refractivity contribution >= 4 is 5.78 Å². The summed E-state index contributed by atoms with van der Waals surface area (Å²) in [6.45, 7) is 0. The van der Waals surface area contributed by atoms with Gasteiger partial charge in [-0.25, -0.2) is 0 Å². The van der Waals surface area contributed by atoms with E-state index in [-0.39, 0.29) is 23.4 Å². The van der Waals surface area contributed by atoms with Crippen molar-refractivity contribution in [2.75, 3.05) is 0 Å². The molecule has 2 bridgehead atoms. The molecule has 2 aliphatic heterocycles. The van der Waals surface area contributed by atoms with Crippen molar-refractivity contribution < 1.29 is 9.53 Å². The molecule has 13 heavy (non-hydrogen) atoms. The monoisotopic (exact) mass is 174 g/mol. The number of carbonyl (C=O) groups is 1. The van der Waals surface area contributed by atoms with Gasteiger partial charge in [-0.05, 0) is 18.8 Å². The molecule has 3 unspecified atom stereocenters. The molecule has 3 rings (SSSR count). The lowest BCUT2D eigenvalue weighted by Gasteiger charge is -2.26. The zero-order chi connectivity index (χ0) is 8.89. The van der Waals surface area contributed by atoms with Gasteiger partial charge in [0.15, 0.2) is 0 Å². The molecule has 2 heteroatoms. The third kappa shape index (κ3) is 0.855. The van der Waals surface area contributed by atoms with Crippen LogP contribution in [0.2, 0.25) is 0 Å². The molecule has 0 aromatic carbocycles. The van der Waals surface area contributed by atoms with Crippen LogP contribution in [0.15, 0.2) is 12.2 Å². The summed E-state index contributed by atoms with van der Waals surface area (Å²) >= 11 is 0. The van der Waals surface area contributed by atoms with E-state index in [2.05, 4.69) is 24.0 Å². The summed E-state index contributed by atoms with van der Waals surface area (Å²) in [4.78, 5) is 11.6. The molecular weight excluding hydrogens is 164 g/mol. The molecule has 1 saturated heterocycles. The van der Waals surface area contributed by atoms with E-state index in [4.69, 9.17) is 4.74 Å². The van der Waals surface area contributed by atoms with E-state index in [9.17, 15) is 4.79 Å². The van der Waals surface area contributed by atoms with Crippen molar-refractivity contribution in [3.05, 3.63) is 12.2 Å². The summed E-state index contributed by atoms with van der Waals surface area (Å²) in [7, 11) is 0. The van der Waals surface area contributed by atoms with Crippen LogP contribution in [0.3, 0.4) is 0 Å². The highest BCUT2D eigenvalue weighted by Crippen LogP contribution is 2.46. The summed E-state index contributed by atoms with van der Waals surface area (Å²) in [6.07, 6.45) is 6.81. The number of fused-ring (bicyclic) bond motifs is 1. The predicted octanol–water partition coefficient (Wildman–Crippen LogP) is 1.07. The third-order valence-electron chi connectivity index (χ3n) is 3.19. The number of ether oxygens (including phenoxy) is 1. The van der Waals surface area contributed by atoms with Gasteiger partial charge in [0.1, 0.15) is 0 Å². The van der Waals surface area contributed by atoms with Crippen molar-refractivity contribution in [2.45, 2.75) is 31.0 Å². The fourth-order valence-corrected chi connectivity index (χ4v) is 2.53. The Morgan fingerprint density at radius 1 is 1.62 bits per heavy atom. The molecule has 0 aromatic rings. The first-order chi connectivity index (χ1) is 6.30. The van der Waals surface area contributed by atoms with E-state index in [1.165, 1.54) is 0 Å². The molecule has 66 valence electrons. The van der Waals surface area contributed by atoms with Crippen molar-refractivity contribution in [3.8, 4) is 11.8 Å². The Morgan fingerprint density at radius 3 is 3.38 bits per heavy atom. The Bertz CT molecular complexity index is 358. The molecule has 0 saturated carbocycles. The first-order valence-electron chi connectivity index (χ1n) is 4.70. The number of hydrogen-bond donors (Lipinski definition) is 0. The van der Waals surface area contributed by atoms with Gasteiger partial charge in [0.05, 0.1) is 17.6 Å². The van der Waals surface area contributed by atoms with E-state index in [1.54, 1.807) is 0 Å². The smallest absolute Gasteiger partial charge is 0.211 e. The molecule has 1 fully saturated rings. The minimum Gasteiger partial charge on any atom is -0.363 e. The SMILES string of the molecule is O=C1C#CCCC23C=CC(CC12)O3. The molecule has 0 N–H and O–H groups in total. The van der Waals surface area contributed by atoms with E-state index < -0.39 is 0 Å². The number of hydrogen-bond acceptors (Lipinski definition) is 2. The van der Waals surface area contributed by atoms with Gasteiger partial charge in [0, 0.05) is 6.42 Å². The third-order valence-corrected chi connectivity index (χ3v) is 3.19. The van der Waals surface area contributed by atoms with Crippen LogP contribution in [0.4, 0.5) is 0 Å². The normalized spacial score (nSPS) is 45.4. The van der Waals surface area contributed by atoms with Crippen LogP contribution in [-0.2, 0) is 9.53 Å². The molecule has 2 nitrogen and oxygen atoms in total. The maximum Gasteiger partial charge on any atom is 0.211 e. The van der Waals surface area contributed by atoms with Crippen LogP contribution in [-0.4, -0.2) is 17.5 Å². The molecule has 0 aromatic heterocycles. The van der Waals surface area contributed by atoms with Crippen molar-refractivity contribution in [1.29, 1.82) is 0 Å². The van der Waals surface area contributed by atoms with E-state index in [0.29, 0.717) is 0 Å². The fourth-order valence-electron chi connectivity index (χ4n) is 2.53. The number of carbonyl (C=O) groups excluding carboxylic acids is 1. The highest BCUT2D eigenvalue weighted by Gasteiger charge is 2.52. The Morgan fingerprint density at radius 2 is 2.54 bits per heavy atom. The first-order valence-corrected chi connectivity index (χ1v) is 4.70. The minimum atomic E-state index is -0.293. The van der Waals surface area contributed by atoms with Crippen LogP contribution in [0, 0.1) is 17.8 Å². The average molecular weight is 174 g/mol. The first kappa shape index (κ1) is 7.34. The lowest BCUT2D eigenvalue weighted by Crippen LogP contribution is -2.35. The highest BCUT2D eigenvalue weighted by molar-refractivity contribution is 5.99. The maximum atomic E-state index is 11.6. The lowest BCUT2D eigenvalue weighted by molar-refractivity contribution is -0.121. The molecule has 1 aliphatic carbocycles. The van der Waals surface area contributed by atoms with Gasteiger partial charge in [0.25, 0.3) is 0 Å². The van der Waals surface area contributed by atoms with Crippen LogP contribution >= 0.6 is 0 Å².